The number of rotatable bonds is 5. The number of hydrogen-bond donors (Lipinski definition) is 0. The topological polar surface area (TPSA) is 44.8 Å². The van der Waals surface area contributed by atoms with Crippen LogP contribution in [0.1, 0.15) is 20.8 Å². The van der Waals surface area contributed by atoms with Crippen LogP contribution in [-0.4, -0.2) is 27.1 Å². The fraction of sp³-hybridized carbons (Fsp3) is 0.267. The van der Waals surface area contributed by atoms with Gasteiger partial charge in [-0.3, -0.25) is 4.79 Å². The molecule has 1 heterocycles. The summed E-state index contributed by atoms with van der Waals surface area (Å²) in [5.74, 6) is 1.25. The Morgan fingerprint density at radius 1 is 1.05 bits per heavy atom. The standard InChI is InChI=1S/C15H16O4S/c1-9-7-10(8-20-9)13(16)11-5-6-12(17-2)15(19-4)14(11)18-3/h5-8H,1-4H3. The van der Waals surface area contributed by atoms with Crippen LogP contribution in [-0.2, 0) is 0 Å². The Labute approximate surface area is 121 Å². The maximum absolute atomic E-state index is 12.5. The first-order chi connectivity index (χ1) is 9.62. The number of carbonyl (C=O) groups is 1. The molecule has 2 aromatic rings. The first-order valence-corrected chi connectivity index (χ1v) is 6.89. The van der Waals surface area contributed by atoms with Crippen LogP contribution in [0.2, 0.25) is 0 Å². The van der Waals surface area contributed by atoms with Gasteiger partial charge in [0, 0.05) is 15.8 Å². The van der Waals surface area contributed by atoms with Gasteiger partial charge in [0.15, 0.2) is 17.3 Å². The molecule has 0 saturated heterocycles. The molecular weight excluding hydrogens is 276 g/mol. The predicted octanol–water partition coefficient (Wildman–Crippen LogP) is 3.31. The number of thiophene rings is 1. The van der Waals surface area contributed by atoms with Gasteiger partial charge < -0.3 is 14.2 Å². The predicted molar refractivity (Wildman–Crippen MR) is 78.6 cm³/mol. The third-order valence-electron chi connectivity index (χ3n) is 2.94. The molecule has 0 bridgehead atoms. The van der Waals surface area contributed by atoms with Crippen LogP contribution in [0.4, 0.5) is 0 Å². The number of benzene rings is 1. The van der Waals surface area contributed by atoms with Gasteiger partial charge in [-0.25, -0.2) is 0 Å². The highest BCUT2D eigenvalue weighted by molar-refractivity contribution is 7.10. The molecule has 5 heteroatoms. The normalized spacial score (nSPS) is 10.2. The zero-order chi connectivity index (χ0) is 14.7. The second-order valence-electron chi connectivity index (χ2n) is 4.16. The molecule has 0 aliphatic carbocycles. The van der Waals surface area contributed by atoms with Crippen LogP contribution in [0.15, 0.2) is 23.6 Å². The molecule has 106 valence electrons. The first-order valence-electron chi connectivity index (χ1n) is 6.01. The van der Waals surface area contributed by atoms with E-state index in [1.807, 2.05) is 18.4 Å². The lowest BCUT2D eigenvalue weighted by atomic mass is 10.0. The minimum atomic E-state index is -0.0906. The van der Waals surface area contributed by atoms with Gasteiger partial charge in [0.25, 0.3) is 0 Å². The van der Waals surface area contributed by atoms with Crippen LogP contribution >= 0.6 is 11.3 Å². The summed E-state index contributed by atoms with van der Waals surface area (Å²) >= 11 is 1.54. The molecule has 0 N–H and O–H groups in total. The Morgan fingerprint density at radius 3 is 2.25 bits per heavy atom. The summed E-state index contributed by atoms with van der Waals surface area (Å²) in [7, 11) is 4.57. The van der Waals surface area contributed by atoms with Crippen molar-refractivity contribution in [1.82, 2.24) is 0 Å². The maximum Gasteiger partial charge on any atom is 0.204 e. The summed E-state index contributed by atoms with van der Waals surface area (Å²) in [6, 6.07) is 5.26. The largest absolute Gasteiger partial charge is 0.493 e. The van der Waals surface area contributed by atoms with E-state index in [-0.39, 0.29) is 5.78 Å². The molecule has 0 spiro atoms. The van der Waals surface area contributed by atoms with E-state index in [1.165, 1.54) is 14.2 Å². The Balaban J connectivity index is 2.54. The van der Waals surface area contributed by atoms with Crippen molar-refractivity contribution >= 4 is 17.1 Å². The number of carbonyl (C=O) groups excluding carboxylic acids is 1. The third-order valence-corrected chi connectivity index (χ3v) is 3.80. The number of hydrogen-bond acceptors (Lipinski definition) is 5. The zero-order valence-corrected chi connectivity index (χ0v) is 12.7. The lowest BCUT2D eigenvalue weighted by molar-refractivity contribution is 0.103. The van der Waals surface area contributed by atoms with Gasteiger partial charge >= 0.3 is 0 Å². The highest BCUT2D eigenvalue weighted by Crippen LogP contribution is 2.40. The van der Waals surface area contributed by atoms with Crippen LogP contribution in [0.5, 0.6) is 17.2 Å². The van der Waals surface area contributed by atoms with E-state index in [9.17, 15) is 4.79 Å². The van der Waals surface area contributed by atoms with E-state index in [0.717, 1.165) is 4.88 Å². The summed E-state index contributed by atoms with van der Waals surface area (Å²) in [6.45, 7) is 1.97. The van der Waals surface area contributed by atoms with Crippen molar-refractivity contribution in [2.45, 2.75) is 6.92 Å². The van der Waals surface area contributed by atoms with E-state index >= 15 is 0 Å². The molecule has 0 aliphatic heterocycles. The first kappa shape index (κ1) is 14.4. The van der Waals surface area contributed by atoms with Crippen LogP contribution in [0, 0.1) is 6.92 Å². The average Bonchev–Trinajstić information content (AvgIpc) is 2.91. The Bertz CT molecular complexity index is 631. The summed E-state index contributed by atoms with van der Waals surface area (Å²) in [4.78, 5) is 13.6. The lowest BCUT2D eigenvalue weighted by Gasteiger charge is -2.14. The van der Waals surface area contributed by atoms with Gasteiger partial charge in [-0.1, -0.05) is 0 Å². The molecule has 2 rings (SSSR count). The van der Waals surface area contributed by atoms with E-state index in [1.54, 1.807) is 30.6 Å². The Hall–Kier alpha value is -2.01. The van der Waals surface area contributed by atoms with Crippen LogP contribution < -0.4 is 14.2 Å². The molecule has 0 fully saturated rings. The number of methoxy groups -OCH3 is 3. The van der Waals surface area contributed by atoms with Gasteiger partial charge in [0.05, 0.1) is 26.9 Å². The number of aryl methyl sites for hydroxylation is 1. The fourth-order valence-electron chi connectivity index (χ4n) is 2.00. The molecule has 4 nitrogen and oxygen atoms in total. The molecule has 1 aromatic carbocycles. The highest BCUT2D eigenvalue weighted by Gasteiger charge is 2.22. The van der Waals surface area contributed by atoms with Crippen molar-refractivity contribution < 1.29 is 19.0 Å². The minimum Gasteiger partial charge on any atom is -0.493 e. The lowest BCUT2D eigenvalue weighted by Crippen LogP contribution is -2.05. The van der Waals surface area contributed by atoms with Crippen molar-refractivity contribution in [2.75, 3.05) is 21.3 Å². The second kappa shape index (κ2) is 5.96. The van der Waals surface area contributed by atoms with Crippen molar-refractivity contribution in [3.63, 3.8) is 0 Å². The summed E-state index contributed by atoms with van der Waals surface area (Å²) in [6.07, 6.45) is 0. The highest BCUT2D eigenvalue weighted by atomic mass is 32.1. The fourth-order valence-corrected chi connectivity index (χ4v) is 2.68. The van der Waals surface area contributed by atoms with Crippen molar-refractivity contribution in [2.24, 2.45) is 0 Å². The molecule has 0 aliphatic rings. The smallest absolute Gasteiger partial charge is 0.204 e. The van der Waals surface area contributed by atoms with E-state index in [0.29, 0.717) is 28.4 Å². The Kier molecular flexibility index (Phi) is 4.29. The molecule has 0 unspecified atom stereocenters. The van der Waals surface area contributed by atoms with Crippen molar-refractivity contribution in [3.8, 4) is 17.2 Å². The molecule has 0 atom stereocenters. The molecule has 0 amide bonds. The van der Waals surface area contributed by atoms with Crippen molar-refractivity contribution in [3.05, 3.63) is 39.6 Å². The zero-order valence-electron chi connectivity index (χ0n) is 11.9. The summed E-state index contributed by atoms with van der Waals surface area (Å²) < 4.78 is 15.8. The molecule has 0 radical (unpaired) electrons. The van der Waals surface area contributed by atoms with Crippen LogP contribution in [0.3, 0.4) is 0 Å². The van der Waals surface area contributed by atoms with Crippen LogP contribution in [0.25, 0.3) is 0 Å². The molecule has 1 aromatic heterocycles. The SMILES string of the molecule is COc1ccc(C(=O)c2csc(C)c2)c(OC)c1OC. The maximum atomic E-state index is 12.5. The molecule has 0 saturated carbocycles. The van der Waals surface area contributed by atoms with E-state index in [4.69, 9.17) is 14.2 Å². The van der Waals surface area contributed by atoms with Gasteiger partial charge in [0.1, 0.15) is 0 Å². The van der Waals surface area contributed by atoms with Gasteiger partial charge in [-0.15, -0.1) is 11.3 Å². The van der Waals surface area contributed by atoms with Gasteiger partial charge in [-0.05, 0) is 25.1 Å². The second-order valence-corrected chi connectivity index (χ2v) is 5.27. The number of ketones is 1. The molecule has 20 heavy (non-hydrogen) atoms. The minimum absolute atomic E-state index is 0.0906. The summed E-state index contributed by atoms with van der Waals surface area (Å²) in [5.41, 5.74) is 1.11. The van der Waals surface area contributed by atoms with Gasteiger partial charge in [-0.2, -0.15) is 0 Å². The van der Waals surface area contributed by atoms with Gasteiger partial charge in [0.2, 0.25) is 5.75 Å². The monoisotopic (exact) mass is 292 g/mol. The van der Waals surface area contributed by atoms with E-state index in [2.05, 4.69) is 0 Å². The van der Waals surface area contributed by atoms with E-state index < -0.39 is 0 Å². The summed E-state index contributed by atoms with van der Waals surface area (Å²) in [5, 5.41) is 1.84. The van der Waals surface area contributed by atoms with Crippen molar-refractivity contribution in [1.29, 1.82) is 0 Å². The molecular formula is C15H16O4S. The third kappa shape index (κ3) is 2.49. The average molecular weight is 292 g/mol. The number of ether oxygens (including phenoxy) is 3. The quantitative estimate of drug-likeness (QED) is 0.793. The Morgan fingerprint density at radius 2 is 1.75 bits per heavy atom.